The highest BCUT2D eigenvalue weighted by atomic mass is 16.5. The van der Waals surface area contributed by atoms with Crippen LogP contribution in [0.2, 0.25) is 0 Å². The molecule has 1 atom stereocenters. The van der Waals surface area contributed by atoms with Crippen molar-refractivity contribution in [1.82, 2.24) is 9.78 Å². The Morgan fingerprint density at radius 2 is 1.67 bits per heavy atom. The fourth-order valence-corrected chi connectivity index (χ4v) is 4.61. The van der Waals surface area contributed by atoms with Crippen molar-refractivity contribution in [3.8, 4) is 16.9 Å². The number of ether oxygens (including phenoxy) is 2. The van der Waals surface area contributed by atoms with Crippen molar-refractivity contribution >= 4 is 23.3 Å². The number of aryl methyl sites for hydroxylation is 2. The van der Waals surface area contributed by atoms with E-state index in [0.717, 1.165) is 41.2 Å². The fourth-order valence-electron chi connectivity index (χ4n) is 4.61. The van der Waals surface area contributed by atoms with Gasteiger partial charge in [-0.15, -0.1) is 0 Å². The summed E-state index contributed by atoms with van der Waals surface area (Å²) < 4.78 is 12.7. The molecule has 1 fully saturated rings. The number of carbonyl (C=O) groups is 2. The van der Waals surface area contributed by atoms with E-state index in [4.69, 9.17) is 14.6 Å². The smallest absolute Gasteiger partial charge is 0.342 e. The first-order valence-corrected chi connectivity index (χ1v) is 13.1. The van der Waals surface area contributed by atoms with Crippen molar-refractivity contribution in [2.45, 2.75) is 26.9 Å². The molecule has 8 nitrogen and oxygen atoms in total. The molecular formula is C31H32N4O4. The number of benzene rings is 3. The minimum Gasteiger partial charge on any atom is -0.449 e. The van der Waals surface area contributed by atoms with Crippen LogP contribution in [0.4, 0.5) is 11.4 Å². The molecule has 0 aliphatic carbocycles. The topological polar surface area (TPSA) is 85.7 Å². The number of aromatic nitrogens is 2. The van der Waals surface area contributed by atoms with E-state index in [-0.39, 0.29) is 0 Å². The monoisotopic (exact) mass is 524 g/mol. The van der Waals surface area contributed by atoms with E-state index in [1.54, 1.807) is 17.8 Å². The van der Waals surface area contributed by atoms with Gasteiger partial charge in [0.15, 0.2) is 6.10 Å². The summed E-state index contributed by atoms with van der Waals surface area (Å²) in [7, 11) is 0. The summed E-state index contributed by atoms with van der Waals surface area (Å²) >= 11 is 0. The number of nitrogens with one attached hydrogen (secondary N) is 1. The third-order valence-electron chi connectivity index (χ3n) is 6.76. The number of hydrogen-bond donors (Lipinski definition) is 1. The number of rotatable bonds is 7. The van der Waals surface area contributed by atoms with Crippen LogP contribution in [0.25, 0.3) is 16.9 Å². The van der Waals surface area contributed by atoms with E-state index in [1.807, 2.05) is 86.6 Å². The Hall–Kier alpha value is -4.43. The Labute approximate surface area is 228 Å². The quantitative estimate of drug-likeness (QED) is 0.336. The zero-order valence-corrected chi connectivity index (χ0v) is 22.4. The molecule has 0 bridgehead atoms. The van der Waals surface area contributed by atoms with Crippen molar-refractivity contribution < 1.29 is 19.1 Å². The van der Waals surface area contributed by atoms with Crippen LogP contribution in [0.5, 0.6) is 0 Å². The van der Waals surface area contributed by atoms with E-state index in [1.165, 1.54) is 0 Å². The maximum Gasteiger partial charge on any atom is 0.342 e. The second kappa shape index (κ2) is 11.5. The summed E-state index contributed by atoms with van der Waals surface area (Å²) in [5.41, 5.74) is 6.26. The number of para-hydroxylation sites is 1. The van der Waals surface area contributed by atoms with Crippen LogP contribution in [0, 0.1) is 13.8 Å². The van der Waals surface area contributed by atoms with E-state index >= 15 is 0 Å². The third-order valence-corrected chi connectivity index (χ3v) is 6.76. The summed E-state index contributed by atoms with van der Waals surface area (Å²) in [6.07, 6.45) is 0.643. The van der Waals surface area contributed by atoms with Gasteiger partial charge in [-0.3, -0.25) is 4.79 Å². The summed E-state index contributed by atoms with van der Waals surface area (Å²) in [6, 6.07) is 23.2. The van der Waals surface area contributed by atoms with E-state index in [9.17, 15) is 9.59 Å². The van der Waals surface area contributed by atoms with Crippen molar-refractivity contribution in [2.75, 3.05) is 36.5 Å². The van der Waals surface area contributed by atoms with Gasteiger partial charge < -0.3 is 19.7 Å². The third kappa shape index (κ3) is 6.02. The molecule has 0 unspecified atom stereocenters. The van der Waals surface area contributed by atoms with Crippen LogP contribution in [0.1, 0.15) is 28.4 Å². The first-order valence-electron chi connectivity index (χ1n) is 13.1. The number of carbonyl (C=O) groups excluding carboxylic acids is 2. The summed E-state index contributed by atoms with van der Waals surface area (Å²) in [6.45, 7) is 8.65. The second-order valence-corrected chi connectivity index (χ2v) is 9.67. The molecule has 1 amide bonds. The van der Waals surface area contributed by atoms with Gasteiger partial charge in [0.1, 0.15) is 11.3 Å². The van der Waals surface area contributed by atoms with Crippen LogP contribution in [-0.2, 0) is 14.3 Å². The average Bonchev–Trinajstić information content (AvgIpc) is 3.40. The maximum atomic E-state index is 13.4. The van der Waals surface area contributed by atoms with Gasteiger partial charge in [-0.05, 0) is 62.7 Å². The summed E-state index contributed by atoms with van der Waals surface area (Å²) in [5.74, 6) is -1.02. The Balaban J connectivity index is 1.32. The summed E-state index contributed by atoms with van der Waals surface area (Å²) in [5, 5.41) is 7.57. The molecule has 8 heteroatoms. The summed E-state index contributed by atoms with van der Waals surface area (Å²) in [4.78, 5) is 28.5. The molecule has 2 heterocycles. The second-order valence-electron chi connectivity index (χ2n) is 9.67. The largest absolute Gasteiger partial charge is 0.449 e. The van der Waals surface area contributed by atoms with Gasteiger partial charge in [0, 0.05) is 36.2 Å². The first-order chi connectivity index (χ1) is 18.9. The van der Waals surface area contributed by atoms with Crippen LogP contribution in [-0.4, -0.2) is 54.1 Å². The zero-order valence-electron chi connectivity index (χ0n) is 22.4. The van der Waals surface area contributed by atoms with Gasteiger partial charge in [-0.1, -0.05) is 42.0 Å². The van der Waals surface area contributed by atoms with Gasteiger partial charge >= 0.3 is 5.97 Å². The molecule has 200 valence electrons. The molecule has 39 heavy (non-hydrogen) atoms. The van der Waals surface area contributed by atoms with E-state index in [0.29, 0.717) is 30.2 Å². The lowest BCUT2D eigenvalue weighted by molar-refractivity contribution is -0.123. The highest BCUT2D eigenvalue weighted by molar-refractivity contribution is 6.00. The molecule has 1 aromatic heterocycles. The van der Waals surface area contributed by atoms with Crippen molar-refractivity contribution in [3.63, 3.8) is 0 Å². The molecule has 0 radical (unpaired) electrons. The first kappa shape index (κ1) is 26.2. The van der Waals surface area contributed by atoms with Crippen molar-refractivity contribution in [3.05, 3.63) is 95.7 Å². The standard InChI is InChI=1S/C31H32N4O4/c1-21-9-14-27(22(2)19-21)29-28(20-35(33-29)26-7-5-4-6-8-26)31(37)39-23(3)30(36)32-24-10-12-25(13-11-24)34-15-17-38-18-16-34/h4-14,19-20,23H,15-18H2,1-3H3,(H,32,36)/t23-/m1/s1. The molecule has 5 rings (SSSR count). The van der Waals surface area contributed by atoms with Crippen LogP contribution in [0.3, 0.4) is 0 Å². The highest BCUT2D eigenvalue weighted by Crippen LogP contribution is 2.28. The molecule has 0 saturated carbocycles. The number of morpholine rings is 1. The van der Waals surface area contributed by atoms with Crippen LogP contribution < -0.4 is 10.2 Å². The Morgan fingerprint density at radius 1 is 0.949 bits per heavy atom. The molecule has 0 spiro atoms. The SMILES string of the molecule is Cc1ccc(-c2nn(-c3ccccc3)cc2C(=O)O[C@H](C)C(=O)Nc2ccc(N3CCOCC3)cc2)c(C)c1. The molecular weight excluding hydrogens is 492 g/mol. The zero-order chi connectivity index (χ0) is 27.4. The Morgan fingerprint density at radius 3 is 2.36 bits per heavy atom. The maximum absolute atomic E-state index is 13.4. The Bertz CT molecular complexity index is 1460. The average molecular weight is 525 g/mol. The van der Waals surface area contributed by atoms with Gasteiger partial charge in [-0.2, -0.15) is 5.10 Å². The molecule has 4 aromatic rings. The minimum absolute atomic E-state index is 0.292. The molecule has 1 N–H and O–H groups in total. The predicted molar refractivity (Wildman–Crippen MR) is 151 cm³/mol. The number of hydrogen-bond acceptors (Lipinski definition) is 6. The predicted octanol–water partition coefficient (Wildman–Crippen LogP) is 5.18. The van der Waals surface area contributed by atoms with Gasteiger partial charge in [0.25, 0.3) is 5.91 Å². The van der Waals surface area contributed by atoms with Crippen LogP contribution >= 0.6 is 0 Å². The minimum atomic E-state index is -1.01. The highest BCUT2D eigenvalue weighted by Gasteiger charge is 2.25. The van der Waals surface area contributed by atoms with E-state index in [2.05, 4.69) is 10.2 Å². The normalized spacial score (nSPS) is 14.1. The lowest BCUT2D eigenvalue weighted by atomic mass is 10.0. The van der Waals surface area contributed by atoms with Gasteiger partial charge in [0.05, 0.1) is 18.9 Å². The van der Waals surface area contributed by atoms with Crippen molar-refractivity contribution in [2.24, 2.45) is 0 Å². The number of anilines is 2. The molecule has 1 aliphatic rings. The molecule has 1 aliphatic heterocycles. The Kier molecular flexibility index (Phi) is 7.74. The van der Waals surface area contributed by atoms with Gasteiger partial charge in [-0.25, -0.2) is 9.48 Å². The van der Waals surface area contributed by atoms with Crippen LogP contribution in [0.15, 0.2) is 79.0 Å². The number of nitrogens with zero attached hydrogens (tertiary/aromatic N) is 3. The number of esters is 1. The lowest BCUT2D eigenvalue weighted by Gasteiger charge is -2.28. The fraction of sp³-hybridized carbons (Fsp3) is 0.258. The molecule has 3 aromatic carbocycles. The lowest BCUT2D eigenvalue weighted by Crippen LogP contribution is -2.36. The van der Waals surface area contributed by atoms with Crippen molar-refractivity contribution in [1.29, 1.82) is 0 Å². The van der Waals surface area contributed by atoms with Gasteiger partial charge in [0.2, 0.25) is 0 Å². The number of amides is 1. The van der Waals surface area contributed by atoms with E-state index < -0.39 is 18.0 Å². The molecule has 1 saturated heterocycles.